The Hall–Kier alpha value is -1.32. The van der Waals surface area contributed by atoms with Gasteiger partial charge >= 0.3 is 11.9 Å². The number of allylic oxidation sites excluding steroid dienone is 2. The molecule has 0 saturated heterocycles. The fourth-order valence-electron chi connectivity index (χ4n) is 4.55. The van der Waals surface area contributed by atoms with Gasteiger partial charge in [-0.15, -0.1) is 0 Å². The van der Waals surface area contributed by atoms with Crippen LogP contribution in [0.2, 0.25) is 0 Å². The Labute approximate surface area is 224 Å². The molecule has 0 aliphatic rings. The monoisotopic (exact) mass is 508 g/mol. The Kier molecular flexibility index (Phi) is 28.8. The molecule has 0 heterocycles. The highest BCUT2D eigenvalue weighted by Gasteiger charge is 2.02. The molecule has 0 fully saturated rings. The van der Waals surface area contributed by atoms with E-state index in [1.165, 1.54) is 122 Å². The van der Waals surface area contributed by atoms with E-state index in [0.29, 0.717) is 19.4 Å². The van der Waals surface area contributed by atoms with Gasteiger partial charge in [-0.3, -0.25) is 9.59 Å². The van der Waals surface area contributed by atoms with Gasteiger partial charge in [0.1, 0.15) is 0 Å². The number of aliphatic carboxylic acids is 1. The first-order chi connectivity index (χ1) is 17.7. The Morgan fingerprint density at radius 1 is 0.528 bits per heavy atom. The fourth-order valence-corrected chi connectivity index (χ4v) is 4.55. The largest absolute Gasteiger partial charge is 0.481 e. The van der Waals surface area contributed by atoms with Crippen molar-refractivity contribution in [3.8, 4) is 0 Å². The molecule has 0 aromatic rings. The number of carbonyl (C=O) groups excluding carboxylic acids is 1. The zero-order valence-corrected chi connectivity index (χ0v) is 23.9. The van der Waals surface area contributed by atoms with Crippen LogP contribution in [-0.4, -0.2) is 23.7 Å². The fraction of sp³-hybridized carbons (Fsp3) is 0.875. The maximum Gasteiger partial charge on any atom is 0.305 e. The Balaban J connectivity index is 3.17. The molecule has 0 aliphatic heterocycles. The van der Waals surface area contributed by atoms with Gasteiger partial charge in [0.15, 0.2) is 0 Å². The maximum absolute atomic E-state index is 11.8. The molecule has 0 amide bonds. The van der Waals surface area contributed by atoms with Crippen LogP contribution in [0.15, 0.2) is 12.2 Å². The smallest absolute Gasteiger partial charge is 0.305 e. The molecule has 0 unspecified atom stereocenters. The van der Waals surface area contributed by atoms with Crippen LogP contribution in [0.4, 0.5) is 0 Å². The Bertz CT molecular complexity index is 500. The van der Waals surface area contributed by atoms with Gasteiger partial charge in [0, 0.05) is 12.8 Å². The lowest BCUT2D eigenvalue weighted by atomic mass is 10.0. The zero-order valence-electron chi connectivity index (χ0n) is 23.9. The molecule has 0 bridgehead atoms. The molecule has 0 spiro atoms. The van der Waals surface area contributed by atoms with E-state index >= 15 is 0 Å². The van der Waals surface area contributed by atoms with Crippen LogP contribution < -0.4 is 0 Å². The quantitative estimate of drug-likeness (QED) is 0.0620. The molecule has 0 aromatic heterocycles. The third kappa shape index (κ3) is 30.7. The molecule has 0 atom stereocenters. The van der Waals surface area contributed by atoms with Crippen molar-refractivity contribution < 1.29 is 19.4 Å². The summed E-state index contributed by atoms with van der Waals surface area (Å²) < 4.78 is 5.39. The summed E-state index contributed by atoms with van der Waals surface area (Å²) in [5.41, 5.74) is 0. The van der Waals surface area contributed by atoms with E-state index in [9.17, 15) is 9.59 Å². The number of hydrogen-bond acceptors (Lipinski definition) is 3. The number of carbonyl (C=O) groups is 2. The molecule has 0 rings (SSSR count). The van der Waals surface area contributed by atoms with Crippen LogP contribution in [0.3, 0.4) is 0 Å². The van der Waals surface area contributed by atoms with E-state index in [4.69, 9.17) is 9.84 Å². The van der Waals surface area contributed by atoms with E-state index in [-0.39, 0.29) is 5.97 Å². The Morgan fingerprint density at radius 2 is 0.917 bits per heavy atom. The lowest BCUT2D eigenvalue weighted by Crippen LogP contribution is -2.05. The summed E-state index contributed by atoms with van der Waals surface area (Å²) in [6.07, 6.45) is 34.9. The first-order valence-corrected chi connectivity index (χ1v) is 15.7. The molecule has 0 aromatic carbocycles. The summed E-state index contributed by atoms with van der Waals surface area (Å²) >= 11 is 0. The number of esters is 1. The van der Waals surface area contributed by atoms with Crippen LogP contribution in [0.5, 0.6) is 0 Å². The first-order valence-electron chi connectivity index (χ1n) is 15.7. The molecular formula is C32H60O4. The summed E-state index contributed by atoms with van der Waals surface area (Å²) in [6, 6.07) is 0. The average molecular weight is 509 g/mol. The normalized spacial score (nSPS) is 11.4. The van der Waals surface area contributed by atoms with Crippen molar-refractivity contribution >= 4 is 11.9 Å². The van der Waals surface area contributed by atoms with Gasteiger partial charge in [0.2, 0.25) is 0 Å². The van der Waals surface area contributed by atoms with Crippen molar-refractivity contribution in [2.24, 2.45) is 0 Å². The standard InChI is InChI=1S/C32H60O4/c1-2-3-4-5-6-7-13-17-20-23-26-29-32(35)36-30-27-24-21-18-15-12-10-8-9-11-14-16-19-22-25-28-31(33)34/h5-6H,2-4,7-30H2,1H3,(H,33,34)/b6-5-. The summed E-state index contributed by atoms with van der Waals surface area (Å²) in [4.78, 5) is 22.3. The van der Waals surface area contributed by atoms with Crippen LogP contribution in [0.1, 0.15) is 174 Å². The van der Waals surface area contributed by atoms with Crippen molar-refractivity contribution in [2.45, 2.75) is 174 Å². The minimum atomic E-state index is -0.667. The Morgan fingerprint density at radius 3 is 1.39 bits per heavy atom. The average Bonchev–Trinajstić information content (AvgIpc) is 2.86. The second-order valence-electron chi connectivity index (χ2n) is 10.6. The minimum Gasteiger partial charge on any atom is -0.481 e. The molecule has 1 N–H and O–H groups in total. The SMILES string of the molecule is CCCC/C=C\CCCCCCCC(=O)OCCCCCCCCCCCCCCCCCC(=O)O. The highest BCUT2D eigenvalue weighted by Crippen LogP contribution is 2.14. The highest BCUT2D eigenvalue weighted by atomic mass is 16.5. The third-order valence-electron chi connectivity index (χ3n) is 6.94. The lowest BCUT2D eigenvalue weighted by Gasteiger charge is -2.05. The van der Waals surface area contributed by atoms with Crippen molar-refractivity contribution in [2.75, 3.05) is 6.61 Å². The van der Waals surface area contributed by atoms with Gasteiger partial charge < -0.3 is 9.84 Å². The van der Waals surface area contributed by atoms with E-state index in [2.05, 4.69) is 19.1 Å². The van der Waals surface area contributed by atoms with Crippen molar-refractivity contribution in [1.82, 2.24) is 0 Å². The third-order valence-corrected chi connectivity index (χ3v) is 6.94. The number of ether oxygens (including phenoxy) is 1. The molecule has 0 radical (unpaired) electrons. The summed E-state index contributed by atoms with van der Waals surface area (Å²) in [6.45, 7) is 2.83. The van der Waals surface area contributed by atoms with Crippen LogP contribution in [0.25, 0.3) is 0 Å². The number of rotatable bonds is 29. The minimum absolute atomic E-state index is 0.00737. The van der Waals surface area contributed by atoms with Crippen LogP contribution >= 0.6 is 0 Å². The van der Waals surface area contributed by atoms with Crippen molar-refractivity contribution in [3.63, 3.8) is 0 Å². The van der Waals surface area contributed by atoms with Crippen molar-refractivity contribution in [3.05, 3.63) is 12.2 Å². The molecule has 0 saturated carbocycles. The van der Waals surface area contributed by atoms with Gasteiger partial charge in [-0.25, -0.2) is 0 Å². The number of hydrogen-bond donors (Lipinski definition) is 1. The van der Waals surface area contributed by atoms with E-state index in [0.717, 1.165) is 32.1 Å². The predicted molar refractivity (Wildman–Crippen MR) is 153 cm³/mol. The summed E-state index contributed by atoms with van der Waals surface area (Å²) in [7, 11) is 0. The molecule has 4 nitrogen and oxygen atoms in total. The van der Waals surface area contributed by atoms with Gasteiger partial charge in [0.05, 0.1) is 6.61 Å². The van der Waals surface area contributed by atoms with Gasteiger partial charge in [-0.2, -0.15) is 0 Å². The molecule has 36 heavy (non-hydrogen) atoms. The highest BCUT2D eigenvalue weighted by molar-refractivity contribution is 5.69. The maximum atomic E-state index is 11.8. The van der Waals surface area contributed by atoms with Crippen molar-refractivity contribution in [1.29, 1.82) is 0 Å². The molecule has 212 valence electrons. The van der Waals surface area contributed by atoms with E-state index in [1.807, 2.05) is 0 Å². The van der Waals surface area contributed by atoms with Gasteiger partial charge in [0.25, 0.3) is 0 Å². The van der Waals surface area contributed by atoms with Gasteiger partial charge in [-0.1, -0.05) is 135 Å². The van der Waals surface area contributed by atoms with E-state index < -0.39 is 5.97 Å². The van der Waals surface area contributed by atoms with Gasteiger partial charge in [-0.05, 0) is 38.5 Å². The topological polar surface area (TPSA) is 63.6 Å². The summed E-state index contributed by atoms with van der Waals surface area (Å²) in [5.74, 6) is -0.675. The van der Waals surface area contributed by atoms with Crippen LogP contribution in [-0.2, 0) is 14.3 Å². The predicted octanol–water partition coefficient (Wildman–Crippen LogP) is 10.3. The number of carboxylic acids is 1. The molecular weight excluding hydrogens is 448 g/mol. The number of carboxylic acid groups (broad SMARTS) is 1. The first kappa shape index (κ1) is 34.7. The summed E-state index contributed by atoms with van der Waals surface area (Å²) in [5, 5.41) is 8.61. The number of unbranched alkanes of at least 4 members (excludes halogenated alkanes) is 21. The zero-order chi connectivity index (χ0) is 26.4. The second kappa shape index (κ2) is 29.9. The lowest BCUT2D eigenvalue weighted by molar-refractivity contribution is -0.144. The van der Waals surface area contributed by atoms with E-state index in [1.54, 1.807) is 0 Å². The second-order valence-corrected chi connectivity index (χ2v) is 10.6. The molecule has 0 aliphatic carbocycles. The van der Waals surface area contributed by atoms with Crippen LogP contribution in [0, 0.1) is 0 Å². The molecule has 4 heteroatoms.